The van der Waals surface area contributed by atoms with Crippen LogP contribution in [-0.4, -0.2) is 54.6 Å². The van der Waals surface area contributed by atoms with Crippen LogP contribution in [0.15, 0.2) is 66.0 Å². The molecule has 0 radical (unpaired) electrons. The van der Waals surface area contributed by atoms with Gasteiger partial charge in [-0.1, -0.05) is 19.1 Å². The highest BCUT2D eigenvalue weighted by Crippen LogP contribution is 2.21. The molecule has 2 N–H and O–H groups in total. The maximum atomic E-state index is 12.6. The zero-order chi connectivity index (χ0) is 24.6. The number of ether oxygens (including phenoxy) is 1. The topological polar surface area (TPSA) is 73.9 Å². The molecule has 0 spiro atoms. The van der Waals surface area contributed by atoms with Crippen molar-refractivity contribution in [3.05, 3.63) is 76.5 Å². The van der Waals surface area contributed by atoms with Crippen molar-refractivity contribution in [2.75, 3.05) is 43.0 Å². The fourth-order valence-corrected chi connectivity index (χ4v) is 4.67. The number of benzene rings is 2. The van der Waals surface area contributed by atoms with Gasteiger partial charge in [-0.3, -0.25) is 14.9 Å². The average Bonchev–Trinajstić information content (AvgIpc) is 3.43. The van der Waals surface area contributed by atoms with Crippen LogP contribution in [0.4, 0.5) is 11.4 Å². The van der Waals surface area contributed by atoms with Crippen molar-refractivity contribution >= 4 is 51.9 Å². The normalized spacial score (nSPS) is 13.3. The highest BCUT2D eigenvalue weighted by molar-refractivity contribution is 7.80. The van der Waals surface area contributed by atoms with Crippen molar-refractivity contribution in [2.45, 2.75) is 13.3 Å². The number of piperazine rings is 1. The SMILES string of the molecule is CCCOc1cccc(C(=O)NC(=S)Nc2ccc(N3CCN(C(=O)c4cccs4)CC3)cc2)c1. The van der Waals surface area contributed by atoms with E-state index in [-0.39, 0.29) is 16.9 Å². The smallest absolute Gasteiger partial charge is 0.264 e. The largest absolute Gasteiger partial charge is 0.494 e. The van der Waals surface area contributed by atoms with Crippen molar-refractivity contribution in [1.82, 2.24) is 10.2 Å². The number of hydrogen-bond acceptors (Lipinski definition) is 6. The number of carbonyl (C=O) groups is 2. The first-order chi connectivity index (χ1) is 17.0. The van der Waals surface area contributed by atoms with Crippen LogP contribution in [0.5, 0.6) is 5.75 Å². The number of thiophene rings is 1. The Hall–Kier alpha value is -3.43. The van der Waals surface area contributed by atoms with Crippen LogP contribution in [0.3, 0.4) is 0 Å². The first-order valence-corrected chi connectivity index (χ1v) is 12.9. The Morgan fingerprint density at radius 3 is 2.49 bits per heavy atom. The van der Waals surface area contributed by atoms with E-state index in [4.69, 9.17) is 17.0 Å². The molecule has 0 saturated carbocycles. The molecule has 1 aliphatic heterocycles. The molecular formula is C26H28N4O3S2. The summed E-state index contributed by atoms with van der Waals surface area (Å²) in [6.07, 6.45) is 0.898. The molecule has 1 saturated heterocycles. The van der Waals surface area contributed by atoms with Crippen molar-refractivity contribution < 1.29 is 14.3 Å². The quantitative estimate of drug-likeness (QED) is 0.454. The third kappa shape index (κ3) is 6.58. The fraction of sp³-hybridized carbons (Fsp3) is 0.269. The molecular weight excluding hydrogens is 480 g/mol. The van der Waals surface area contributed by atoms with Crippen molar-refractivity contribution in [3.63, 3.8) is 0 Å². The molecule has 9 heteroatoms. The number of amides is 2. The van der Waals surface area contributed by atoms with E-state index in [0.717, 1.165) is 35.8 Å². The summed E-state index contributed by atoms with van der Waals surface area (Å²) in [5, 5.41) is 7.92. The van der Waals surface area contributed by atoms with E-state index in [1.807, 2.05) is 59.7 Å². The summed E-state index contributed by atoms with van der Waals surface area (Å²) < 4.78 is 5.59. The number of hydrogen-bond donors (Lipinski definition) is 2. The van der Waals surface area contributed by atoms with Crippen molar-refractivity contribution in [1.29, 1.82) is 0 Å². The third-order valence-electron chi connectivity index (χ3n) is 5.59. The van der Waals surface area contributed by atoms with Crippen LogP contribution in [-0.2, 0) is 0 Å². The summed E-state index contributed by atoms with van der Waals surface area (Å²) in [6, 6.07) is 18.7. The summed E-state index contributed by atoms with van der Waals surface area (Å²) in [5.74, 6) is 0.469. The van der Waals surface area contributed by atoms with E-state index in [0.29, 0.717) is 31.0 Å². The number of nitrogens with zero attached hydrogens (tertiary/aromatic N) is 2. The van der Waals surface area contributed by atoms with Crippen LogP contribution >= 0.6 is 23.6 Å². The molecule has 0 atom stereocenters. The van der Waals surface area contributed by atoms with Gasteiger partial charge in [0.1, 0.15) is 5.75 Å². The minimum atomic E-state index is -0.295. The summed E-state index contributed by atoms with van der Waals surface area (Å²) in [4.78, 5) is 30.0. The Kier molecular flexibility index (Phi) is 8.33. The molecule has 2 aromatic carbocycles. The molecule has 0 bridgehead atoms. The van der Waals surface area contributed by atoms with E-state index in [1.54, 1.807) is 18.2 Å². The zero-order valence-corrected chi connectivity index (χ0v) is 21.2. The minimum Gasteiger partial charge on any atom is -0.494 e. The number of thiocarbonyl (C=S) groups is 1. The Bertz CT molecular complexity index is 1160. The van der Waals surface area contributed by atoms with Gasteiger partial charge in [0.05, 0.1) is 11.5 Å². The van der Waals surface area contributed by atoms with Gasteiger partial charge in [0.15, 0.2) is 5.11 Å². The summed E-state index contributed by atoms with van der Waals surface area (Å²) in [6.45, 7) is 5.57. The average molecular weight is 509 g/mol. The fourth-order valence-electron chi connectivity index (χ4n) is 3.76. The number of rotatable bonds is 7. The Labute approximate surface area is 214 Å². The van der Waals surface area contributed by atoms with Crippen LogP contribution < -0.4 is 20.3 Å². The van der Waals surface area contributed by atoms with E-state index in [9.17, 15) is 9.59 Å². The van der Waals surface area contributed by atoms with Crippen molar-refractivity contribution in [2.24, 2.45) is 0 Å². The lowest BCUT2D eigenvalue weighted by atomic mass is 10.2. The molecule has 3 aromatic rings. The van der Waals surface area contributed by atoms with Gasteiger partial charge in [0.25, 0.3) is 11.8 Å². The van der Waals surface area contributed by atoms with E-state index in [1.165, 1.54) is 11.3 Å². The molecule has 2 amide bonds. The van der Waals surface area contributed by atoms with Gasteiger partial charge in [-0.05, 0) is 72.5 Å². The molecule has 2 heterocycles. The summed E-state index contributed by atoms with van der Waals surface area (Å²) in [7, 11) is 0. The Balaban J connectivity index is 1.26. The zero-order valence-electron chi connectivity index (χ0n) is 19.5. The number of carbonyl (C=O) groups excluding carboxylic acids is 2. The molecule has 1 aliphatic rings. The van der Waals surface area contributed by atoms with Gasteiger partial charge < -0.3 is 19.9 Å². The molecule has 4 rings (SSSR count). The first-order valence-electron chi connectivity index (χ1n) is 11.6. The van der Waals surface area contributed by atoms with Crippen LogP contribution in [0, 0.1) is 0 Å². The monoisotopic (exact) mass is 508 g/mol. The van der Waals surface area contributed by atoms with Gasteiger partial charge in [-0.15, -0.1) is 11.3 Å². The van der Waals surface area contributed by atoms with E-state index >= 15 is 0 Å². The summed E-state index contributed by atoms with van der Waals surface area (Å²) >= 11 is 6.80. The van der Waals surface area contributed by atoms with Gasteiger partial charge >= 0.3 is 0 Å². The highest BCUT2D eigenvalue weighted by atomic mass is 32.1. The molecule has 182 valence electrons. The predicted molar refractivity (Wildman–Crippen MR) is 145 cm³/mol. The third-order valence-corrected chi connectivity index (χ3v) is 6.65. The lowest BCUT2D eigenvalue weighted by Gasteiger charge is -2.36. The molecule has 1 fully saturated rings. The Morgan fingerprint density at radius 1 is 1.03 bits per heavy atom. The molecule has 35 heavy (non-hydrogen) atoms. The number of anilines is 2. The van der Waals surface area contributed by atoms with Crippen LogP contribution in [0.25, 0.3) is 0 Å². The van der Waals surface area contributed by atoms with Gasteiger partial charge in [-0.25, -0.2) is 0 Å². The highest BCUT2D eigenvalue weighted by Gasteiger charge is 2.22. The lowest BCUT2D eigenvalue weighted by Crippen LogP contribution is -2.48. The van der Waals surface area contributed by atoms with E-state index < -0.39 is 0 Å². The minimum absolute atomic E-state index is 0.106. The van der Waals surface area contributed by atoms with Crippen molar-refractivity contribution in [3.8, 4) is 5.75 Å². The molecule has 0 unspecified atom stereocenters. The molecule has 7 nitrogen and oxygen atoms in total. The maximum absolute atomic E-state index is 12.6. The summed E-state index contributed by atoms with van der Waals surface area (Å²) in [5.41, 5.74) is 2.35. The Morgan fingerprint density at radius 2 is 1.80 bits per heavy atom. The molecule has 0 aliphatic carbocycles. The molecule has 1 aromatic heterocycles. The van der Waals surface area contributed by atoms with E-state index in [2.05, 4.69) is 15.5 Å². The van der Waals surface area contributed by atoms with Gasteiger partial charge in [0, 0.05) is 43.1 Å². The second-order valence-corrected chi connectivity index (χ2v) is 9.44. The second kappa shape index (κ2) is 11.8. The van der Waals surface area contributed by atoms with Crippen LogP contribution in [0.2, 0.25) is 0 Å². The second-order valence-electron chi connectivity index (χ2n) is 8.09. The number of nitrogens with one attached hydrogen (secondary N) is 2. The standard InChI is InChI=1S/C26H28N4O3S2/c1-2-16-33-22-6-3-5-19(18-22)24(31)28-26(34)27-20-8-10-21(11-9-20)29-12-14-30(15-13-29)25(32)23-7-4-17-35-23/h3-11,17-18H,2,12-16H2,1H3,(H2,27,28,31,34). The van der Waals surface area contributed by atoms with Crippen LogP contribution in [0.1, 0.15) is 33.4 Å². The van der Waals surface area contributed by atoms with Gasteiger partial charge in [0.2, 0.25) is 0 Å². The lowest BCUT2D eigenvalue weighted by molar-refractivity contribution is 0.0751. The predicted octanol–water partition coefficient (Wildman–Crippen LogP) is 4.63. The first kappa shape index (κ1) is 24.7. The maximum Gasteiger partial charge on any atom is 0.264 e. The van der Waals surface area contributed by atoms with Gasteiger partial charge in [-0.2, -0.15) is 0 Å².